The fourth-order valence-electron chi connectivity index (χ4n) is 2.65. The number of hydrogen-bond acceptors (Lipinski definition) is 4. The molecule has 0 saturated heterocycles. The Hall–Kier alpha value is -2.78. The lowest BCUT2D eigenvalue weighted by Crippen LogP contribution is -1.97. The maximum absolute atomic E-state index is 11.2. The van der Waals surface area contributed by atoms with Crippen molar-refractivity contribution < 1.29 is 25.9 Å². The van der Waals surface area contributed by atoms with Gasteiger partial charge in [0.15, 0.2) is 0 Å². The Bertz CT molecular complexity index is 1220. The topological polar surface area (TPSA) is 109 Å². The molecular formula is C20H16O6S2. The van der Waals surface area contributed by atoms with Gasteiger partial charge in [0.25, 0.3) is 20.2 Å². The lowest BCUT2D eigenvalue weighted by molar-refractivity contribution is 0.481. The Kier molecular flexibility index (Phi) is 5.48. The van der Waals surface area contributed by atoms with Crippen LogP contribution in [-0.2, 0) is 20.2 Å². The van der Waals surface area contributed by atoms with E-state index in [4.69, 9.17) is 9.11 Å². The molecule has 0 atom stereocenters. The van der Waals surface area contributed by atoms with E-state index in [0.29, 0.717) is 0 Å². The molecule has 3 rings (SSSR count). The lowest BCUT2D eigenvalue weighted by Gasteiger charge is -2.07. The molecule has 0 aliphatic carbocycles. The Balaban J connectivity index is 1.91. The van der Waals surface area contributed by atoms with Gasteiger partial charge in [-0.15, -0.1) is 0 Å². The first kappa shape index (κ1) is 20.0. The van der Waals surface area contributed by atoms with Gasteiger partial charge >= 0.3 is 0 Å². The first-order valence-corrected chi connectivity index (χ1v) is 11.0. The highest BCUT2D eigenvalue weighted by atomic mass is 32.2. The van der Waals surface area contributed by atoms with Gasteiger partial charge in [-0.05, 0) is 46.5 Å². The molecule has 144 valence electrons. The van der Waals surface area contributed by atoms with E-state index < -0.39 is 20.2 Å². The minimum Gasteiger partial charge on any atom is -0.282 e. The van der Waals surface area contributed by atoms with Crippen LogP contribution in [0.15, 0.2) is 82.6 Å². The predicted octanol–water partition coefficient (Wildman–Crippen LogP) is 4.02. The molecule has 0 aliphatic heterocycles. The van der Waals surface area contributed by atoms with E-state index in [1.54, 1.807) is 30.3 Å². The van der Waals surface area contributed by atoms with Crippen LogP contribution in [0, 0.1) is 0 Å². The molecule has 0 spiro atoms. The van der Waals surface area contributed by atoms with Crippen molar-refractivity contribution in [1.29, 1.82) is 0 Å². The van der Waals surface area contributed by atoms with Crippen molar-refractivity contribution >= 4 is 32.4 Å². The minimum atomic E-state index is -4.25. The summed E-state index contributed by atoms with van der Waals surface area (Å²) in [6, 6.07) is 19.1. The summed E-state index contributed by atoms with van der Waals surface area (Å²) in [6.45, 7) is 0. The molecule has 0 bridgehead atoms. The van der Waals surface area contributed by atoms with E-state index in [1.165, 1.54) is 24.3 Å². The van der Waals surface area contributed by atoms with E-state index >= 15 is 0 Å². The van der Waals surface area contributed by atoms with Gasteiger partial charge in [0.2, 0.25) is 0 Å². The van der Waals surface area contributed by atoms with E-state index in [-0.39, 0.29) is 9.79 Å². The highest BCUT2D eigenvalue weighted by Crippen LogP contribution is 2.26. The summed E-state index contributed by atoms with van der Waals surface area (Å²) in [5.74, 6) is 0. The van der Waals surface area contributed by atoms with Crippen molar-refractivity contribution in [3.63, 3.8) is 0 Å². The van der Waals surface area contributed by atoms with Crippen molar-refractivity contribution in [2.45, 2.75) is 9.79 Å². The molecule has 0 amide bonds. The quantitative estimate of drug-likeness (QED) is 0.480. The van der Waals surface area contributed by atoms with Gasteiger partial charge in [0.05, 0.1) is 9.79 Å². The van der Waals surface area contributed by atoms with Crippen LogP contribution in [0.25, 0.3) is 23.3 Å². The van der Waals surface area contributed by atoms with Gasteiger partial charge in [-0.1, -0.05) is 60.7 Å². The molecule has 0 aromatic heterocycles. The Morgan fingerprint density at radius 3 is 1.64 bits per heavy atom. The Morgan fingerprint density at radius 1 is 0.607 bits per heavy atom. The van der Waals surface area contributed by atoms with Gasteiger partial charge in [-0.3, -0.25) is 9.11 Å². The van der Waals surface area contributed by atoms with Gasteiger partial charge in [-0.25, -0.2) is 0 Å². The zero-order valence-electron chi connectivity index (χ0n) is 14.4. The zero-order chi connectivity index (χ0) is 20.4. The molecule has 2 N–H and O–H groups in total. The molecule has 0 saturated carbocycles. The molecule has 0 radical (unpaired) electrons. The Labute approximate surface area is 163 Å². The van der Waals surface area contributed by atoms with Crippen LogP contribution in [0.1, 0.15) is 11.1 Å². The van der Waals surface area contributed by atoms with Crippen LogP contribution >= 0.6 is 0 Å². The fraction of sp³-hybridized carbons (Fsp3) is 0. The highest BCUT2D eigenvalue weighted by molar-refractivity contribution is 7.86. The summed E-state index contributed by atoms with van der Waals surface area (Å²) in [5, 5.41) is 0. The standard InChI is InChI=1S/C20H16O6S2/c21-27(22,23)18-11-6-15(7-12-18)5-8-16-3-1-2-4-20(16)17-9-13-19(14-10-17)28(24,25)26/h1-14H,(H,21,22,23)(H,24,25,26). The van der Waals surface area contributed by atoms with Crippen molar-refractivity contribution in [3.8, 4) is 11.1 Å². The lowest BCUT2D eigenvalue weighted by atomic mass is 9.99. The van der Waals surface area contributed by atoms with Crippen LogP contribution in [0.5, 0.6) is 0 Å². The summed E-state index contributed by atoms with van der Waals surface area (Å²) in [5.41, 5.74) is 3.23. The van der Waals surface area contributed by atoms with Crippen LogP contribution < -0.4 is 0 Å². The fourth-order valence-corrected chi connectivity index (χ4v) is 3.61. The SMILES string of the molecule is O=S(=O)(O)c1ccc(C=Cc2ccccc2-c2ccc(S(=O)(=O)O)cc2)cc1. The second-order valence-electron chi connectivity index (χ2n) is 5.96. The van der Waals surface area contributed by atoms with Crippen molar-refractivity contribution in [2.75, 3.05) is 0 Å². The molecule has 0 unspecified atom stereocenters. The predicted molar refractivity (Wildman–Crippen MR) is 107 cm³/mol. The second-order valence-corrected chi connectivity index (χ2v) is 8.81. The van der Waals surface area contributed by atoms with Gasteiger partial charge in [0.1, 0.15) is 0 Å². The van der Waals surface area contributed by atoms with Crippen LogP contribution in [0.2, 0.25) is 0 Å². The molecule has 3 aromatic rings. The number of benzene rings is 3. The van der Waals surface area contributed by atoms with E-state index in [1.807, 2.05) is 30.3 Å². The largest absolute Gasteiger partial charge is 0.294 e. The first-order valence-electron chi connectivity index (χ1n) is 8.07. The Morgan fingerprint density at radius 2 is 1.11 bits per heavy atom. The van der Waals surface area contributed by atoms with Crippen LogP contribution in [0.3, 0.4) is 0 Å². The molecule has 28 heavy (non-hydrogen) atoms. The minimum absolute atomic E-state index is 0.177. The summed E-state index contributed by atoms with van der Waals surface area (Å²) >= 11 is 0. The monoisotopic (exact) mass is 416 g/mol. The van der Waals surface area contributed by atoms with Crippen molar-refractivity contribution in [1.82, 2.24) is 0 Å². The van der Waals surface area contributed by atoms with E-state index in [0.717, 1.165) is 22.3 Å². The summed E-state index contributed by atoms with van der Waals surface area (Å²) in [4.78, 5) is -0.354. The van der Waals surface area contributed by atoms with Gasteiger partial charge < -0.3 is 0 Å². The molecule has 0 heterocycles. The summed E-state index contributed by atoms with van der Waals surface area (Å²) < 4.78 is 62.7. The van der Waals surface area contributed by atoms with Crippen molar-refractivity contribution in [3.05, 3.63) is 83.9 Å². The highest BCUT2D eigenvalue weighted by Gasteiger charge is 2.10. The van der Waals surface area contributed by atoms with E-state index in [2.05, 4.69) is 0 Å². The normalized spacial score (nSPS) is 12.4. The van der Waals surface area contributed by atoms with Crippen LogP contribution in [-0.4, -0.2) is 25.9 Å². The molecular weight excluding hydrogens is 400 g/mol. The third-order valence-corrected chi connectivity index (χ3v) is 5.79. The van der Waals surface area contributed by atoms with Crippen LogP contribution in [0.4, 0.5) is 0 Å². The smallest absolute Gasteiger partial charge is 0.282 e. The maximum Gasteiger partial charge on any atom is 0.294 e. The zero-order valence-corrected chi connectivity index (χ0v) is 16.1. The summed E-state index contributed by atoms with van der Waals surface area (Å²) in [7, 11) is -8.48. The molecule has 0 aliphatic rings. The summed E-state index contributed by atoms with van der Waals surface area (Å²) in [6.07, 6.45) is 3.63. The third-order valence-electron chi connectivity index (χ3n) is 4.06. The van der Waals surface area contributed by atoms with Gasteiger partial charge in [-0.2, -0.15) is 16.8 Å². The first-order chi connectivity index (χ1) is 13.1. The third kappa shape index (κ3) is 4.73. The average molecular weight is 416 g/mol. The maximum atomic E-state index is 11.2. The molecule has 8 heteroatoms. The molecule has 6 nitrogen and oxygen atoms in total. The van der Waals surface area contributed by atoms with Crippen molar-refractivity contribution in [2.24, 2.45) is 0 Å². The second kappa shape index (κ2) is 7.69. The average Bonchev–Trinajstić information content (AvgIpc) is 2.66. The molecule has 3 aromatic carbocycles. The molecule has 0 fully saturated rings. The number of rotatable bonds is 5. The number of hydrogen-bond donors (Lipinski definition) is 2. The van der Waals surface area contributed by atoms with E-state index in [9.17, 15) is 16.8 Å². The van der Waals surface area contributed by atoms with Gasteiger partial charge in [0, 0.05) is 0 Å².